The Labute approximate surface area is 211 Å². The molecule has 0 aromatic heterocycles. The summed E-state index contributed by atoms with van der Waals surface area (Å²) in [6, 6.07) is 0. The summed E-state index contributed by atoms with van der Waals surface area (Å²) in [5, 5.41) is 22.3. The van der Waals surface area contributed by atoms with E-state index in [1.807, 2.05) is 13.8 Å². The quantitative estimate of drug-likeness (QED) is 0.370. The maximum absolute atomic E-state index is 12.8. The predicted octanol–water partition coefficient (Wildman–Crippen LogP) is 6.00. The van der Waals surface area contributed by atoms with E-state index in [1.165, 1.54) is 0 Å². The smallest absolute Gasteiger partial charge is 0.309 e. The lowest BCUT2D eigenvalue weighted by atomic mass is 9.33. The van der Waals surface area contributed by atoms with Crippen molar-refractivity contribution in [1.29, 1.82) is 0 Å². The number of carboxylic acid groups (broad SMARTS) is 1. The second-order valence-electron chi connectivity index (χ2n) is 14.4. The number of carbonyl (C=O) groups is 2. The Kier molecular flexibility index (Phi) is 5.48. The van der Waals surface area contributed by atoms with Crippen molar-refractivity contribution in [2.45, 2.75) is 111 Å². The van der Waals surface area contributed by atoms with Gasteiger partial charge in [-0.15, -0.1) is 0 Å². The van der Waals surface area contributed by atoms with E-state index in [-0.39, 0.29) is 40.0 Å². The van der Waals surface area contributed by atoms with Gasteiger partial charge in [0.15, 0.2) is 0 Å². The number of allylic oxidation sites excluding steroid dienone is 1. The molecular weight excluding hydrogens is 440 g/mol. The number of esters is 1. The van der Waals surface area contributed by atoms with E-state index >= 15 is 0 Å². The highest BCUT2D eigenvalue weighted by atomic mass is 16.6. The number of aliphatic hydroxyl groups excluding tert-OH is 1. The van der Waals surface area contributed by atoms with Crippen molar-refractivity contribution >= 4 is 11.9 Å². The molecule has 1 aliphatic heterocycles. The van der Waals surface area contributed by atoms with E-state index in [0.29, 0.717) is 24.7 Å². The lowest BCUT2D eigenvalue weighted by Crippen LogP contribution is -2.68. The fourth-order valence-electron chi connectivity index (χ4n) is 11.4. The molecule has 0 aromatic carbocycles. The fourth-order valence-corrected chi connectivity index (χ4v) is 11.4. The van der Waals surface area contributed by atoms with Crippen molar-refractivity contribution in [2.75, 3.05) is 0 Å². The van der Waals surface area contributed by atoms with Gasteiger partial charge in [-0.1, -0.05) is 32.9 Å². The number of cyclic esters (lactones) is 1. The molecule has 0 amide bonds. The van der Waals surface area contributed by atoms with Crippen LogP contribution < -0.4 is 0 Å². The molecule has 5 unspecified atom stereocenters. The first kappa shape index (κ1) is 25.3. The number of aliphatic carboxylic acids is 1. The van der Waals surface area contributed by atoms with E-state index < -0.39 is 23.1 Å². The molecule has 196 valence electrons. The Morgan fingerprint density at radius 1 is 1.00 bits per heavy atom. The van der Waals surface area contributed by atoms with Crippen LogP contribution in [-0.2, 0) is 14.3 Å². The molecule has 5 fully saturated rings. The van der Waals surface area contributed by atoms with E-state index in [1.54, 1.807) is 0 Å². The van der Waals surface area contributed by atoms with E-state index in [0.717, 1.165) is 50.5 Å². The first-order valence-corrected chi connectivity index (χ1v) is 13.9. The van der Waals surface area contributed by atoms with Crippen molar-refractivity contribution in [2.24, 2.45) is 51.2 Å². The van der Waals surface area contributed by atoms with Gasteiger partial charge in [0.1, 0.15) is 5.60 Å². The first-order chi connectivity index (χ1) is 16.1. The van der Waals surface area contributed by atoms with Crippen LogP contribution in [-0.4, -0.2) is 33.9 Å². The topological polar surface area (TPSA) is 83.8 Å². The molecule has 10 atom stereocenters. The molecule has 1 heterocycles. The Hall–Kier alpha value is -1.36. The Balaban J connectivity index is 1.61. The van der Waals surface area contributed by atoms with Crippen molar-refractivity contribution < 1.29 is 24.5 Å². The summed E-state index contributed by atoms with van der Waals surface area (Å²) in [5.74, 6) is 0.178. The highest BCUT2D eigenvalue weighted by Gasteiger charge is 2.73. The maximum atomic E-state index is 12.8. The molecule has 5 aliphatic rings. The number of fused-ring (bicyclic) bond motifs is 7. The first-order valence-electron chi connectivity index (χ1n) is 13.9. The summed E-state index contributed by atoms with van der Waals surface area (Å²) in [6.45, 7) is 17.5. The Bertz CT molecular complexity index is 954. The zero-order chi connectivity index (χ0) is 25.8. The molecule has 0 radical (unpaired) electrons. The molecule has 5 rings (SSSR count). The minimum absolute atomic E-state index is 0.0617. The molecule has 0 aromatic rings. The average Bonchev–Trinajstić information content (AvgIpc) is 3.09. The summed E-state index contributed by atoms with van der Waals surface area (Å²) < 4.78 is 5.91. The van der Waals surface area contributed by atoms with E-state index in [4.69, 9.17) is 4.74 Å². The second kappa shape index (κ2) is 7.58. The van der Waals surface area contributed by atoms with E-state index in [9.17, 15) is 19.8 Å². The van der Waals surface area contributed by atoms with Crippen molar-refractivity contribution in [3.05, 3.63) is 12.2 Å². The van der Waals surface area contributed by atoms with Gasteiger partial charge in [0, 0.05) is 12.3 Å². The molecule has 1 saturated heterocycles. The minimum atomic E-state index is -0.706. The zero-order valence-electron chi connectivity index (χ0n) is 22.7. The van der Waals surface area contributed by atoms with Crippen LogP contribution >= 0.6 is 0 Å². The number of hydrogen-bond donors (Lipinski definition) is 2. The van der Waals surface area contributed by atoms with E-state index in [2.05, 4.69) is 34.3 Å². The van der Waals surface area contributed by atoms with Crippen LogP contribution in [0.3, 0.4) is 0 Å². The molecule has 35 heavy (non-hydrogen) atoms. The van der Waals surface area contributed by atoms with Gasteiger partial charge in [0.05, 0.1) is 11.5 Å². The number of aliphatic hydroxyl groups is 1. The Morgan fingerprint density at radius 2 is 1.69 bits per heavy atom. The lowest BCUT2D eigenvalue weighted by Gasteiger charge is -2.71. The number of rotatable bonds is 2. The van der Waals surface area contributed by atoms with Crippen LogP contribution in [0.1, 0.15) is 99.3 Å². The van der Waals surface area contributed by atoms with Crippen LogP contribution in [0.2, 0.25) is 0 Å². The van der Waals surface area contributed by atoms with Gasteiger partial charge in [0.25, 0.3) is 0 Å². The van der Waals surface area contributed by atoms with Gasteiger partial charge in [-0.05, 0) is 112 Å². The highest BCUT2D eigenvalue weighted by Crippen LogP contribution is 2.76. The standard InChI is InChI=1S/C30H46O5/c1-17(2)18-10-13-30(25(33)34)15-14-28(6)19(23(18)30)8-9-21-27(5)12-11-22(32)35-26(3,4)24(27)20(31)16-29(21,28)7/h18-21,23-24,31H,1,8-16H2,2-7H3,(H,33,34)/t18?,19?,20-,21?,23?,24?,27-,28-,29-,30+/m1/s1. The number of ether oxygens (including phenoxy) is 1. The van der Waals surface area contributed by atoms with Gasteiger partial charge >= 0.3 is 11.9 Å². The highest BCUT2D eigenvalue weighted by molar-refractivity contribution is 5.76. The second-order valence-corrected chi connectivity index (χ2v) is 14.4. The summed E-state index contributed by atoms with van der Waals surface area (Å²) in [4.78, 5) is 25.4. The van der Waals surface area contributed by atoms with Gasteiger partial charge in [-0.2, -0.15) is 0 Å². The number of hydrogen-bond acceptors (Lipinski definition) is 4. The largest absolute Gasteiger partial charge is 0.481 e. The van der Waals surface area contributed by atoms with Gasteiger partial charge in [0.2, 0.25) is 0 Å². The van der Waals surface area contributed by atoms with Gasteiger partial charge in [-0.3, -0.25) is 9.59 Å². The lowest BCUT2D eigenvalue weighted by molar-refractivity contribution is -0.260. The third-order valence-corrected chi connectivity index (χ3v) is 12.7. The predicted molar refractivity (Wildman–Crippen MR) is 134 cm³/mol. The normalized spacial score (nSPS) is 52.7. The zero-order valence-corrected chi connectivity index (χ0v) is 22.7. The third kappa shape index (κ3) is 3.09. The average molecular weight is 487 g/mol. The van der Waals surface area contributed by atoms with Gasteiger partial charge in [-0.25, -0.2) is 0 Å². The van der Waals surface area contributed by atoms with Crippen molar-refractivity contribution in [3.63, 3.8) is 0 Å². The molecule has 4 aliphatic carbocycles. The van der Waals surface area contributed by atoms with Crippen molar-refractivity contribution in [3.8, 4) is 0 Å². The van der Waals surface area contributed by atoms with Gasteiger partial charge < -0.3 is 14.9 Å². The monoisotopic (exact) mass is 486 g/mol. The molecule has 0 spiro atoms. The van der Waals surface area contributed by atoms with Crippen LogP contribution in [0.4, 0.5) is 0 Å². The summed E-state index contributed by atoms with van der Waals surface area (Å²) in [5.41, 5.74) is -0.610. The van der Waals surface area contributed by atoms with Crippen LogP contribution in [0.15, 0.2) is 12.2 Å². The summed E-state index contributed by atoms with van der Waals surface area (Å²) >= 11 is 0. The molecule has 2 N–H and O–H groups in total. The number of carboxylic acids is 1. The van der Waals surface area contributed by atoms with Crippen LogP contribution in [0.25, 0.3) is 0 Å². The number of carbonyl (C=O) groups excluding carboxylic acids is 1. The third-order valence-electron chi connectivity index (χ3n) is 12.7. The summed E-state index contributed by atoms with van der Waals surface area (Å²) in [7, 11) is 0. The maximum Gasteiger partial charge on any atom is 0.309 e. The molecule has 5 nitrogen and oxygen atoms in total. The Morgan fingerprint density at radius 3 is 2.31 bits per heavy atom. The molecular formula is C30H46O5. The fraction of sp³-hybridized carbons (Fsp3) is 0.867. The van der Waals surface area contributed by atoms with Crippen LogP contribution in [0.5, 0.6) is 0 Å². The van der Waals surface area contributed by atoms with Crippen LogP contribution in [0, 0.1) is 51.2 Å². The SMILES string of the molecule is C=C(C)C1CC[C@]2(C(=O)O)CC[C@]3(C)C(CCC4[C@@]5(C)CCC(=O)OC(C)(C)C5[C@H](O)C[C@]43C)C12. The molecule has 0 bridgehead atoms. The van der Waals surface area contributed by atoms with Crippen molar-refractivity contribution in [1.82, 2.24) is 0 Å². The molecule has 5 heteroatoms. The summed E-state index contributed by atoms with van der Waals surface area (Å²) in [6.07, 6.45) is 6.62. The molecule has 4 saturated carbocycles. The minimum Gasteiger partial charge on any atom is -0.481 e.